The van der Waals surface area contributed by atoms with Crippen molar-refractivity contribution in [1.29, 1.82) is 0 Å². The van der Waals surface area contributed by atoms with E-state index in [1.165, 1.54) is 17.8 Å². The number of nitrogen functional groups attached to an aromatic ring is 1. The number of halogens is 1. The predicted octanol–water partition coefficient (Wildman–Crippen LogP) is 2.51. The van der Waals surface area contributed by atoms with Crippen molar-refractivity contribution in [2.45, 2.75) is 24.0 Å². The fourth-order valence-electron chi connectivity index (χ4n) is 1.91. The highest BCUT2D eigenvalue weighted by molar-refractivity contribution is 7.99. The van der Waals surface area contributed by atoms with E-state index in [4.69, 9.17) is 10.5 Å². The number of thioether (sulfide) groups is 1. The van der Waals surface area contributed by atoms with Crippen LogP contribution in [0.25, 0.3) is 0 Å². The van der Waals surface area contributed by atoms with Gasteiger partial charge in [0.05, 0.1) is 6.61 Å². The van der Waals surface area contributed by atoms with E-state index in [1.807, 2.05) is 4.57 Å². The highest BCUT2D eigenvalue weighted by Gasteiger charge is 2.28. The molecule has 2 N–H and O–H groups in total. The molecule has 0 spiro atoms. The van der Waals surface area contributed by atoms with Gasteiger partial charge < -0.3 is 10.5 Å². The van der Waals surface area contributed by atoms with E-state index < -0.39 is 0 Å². The smallest absolute Gasteiger partial charge is 0.222 e. The van der Waals surface area contributed by atoms with Crippen molar-refractivity contribution in [1.82, 2.24) is 14.8 Å². The van der Waals surface area contributed by atoms with Gasteiger partial charge in [-0.05, 0) is 25.0 Å². The molecule has 1 aromatic carbocycles. The molecular weight excluding hydrogens is 279 g/mol. The minimum absolute atomic E-state index is 0.274. The van der Waals surface area contributed by atoms with Gasteiger partial charge in [-0.25, -0.2) is 4.39 Å². The number of anilines is 1. The van der Waals surface area contributed by atoms with Crippen molar-refractivity contribution in [3.63, 3.8) is 0 Å². The first kappa shape index (κ1) is 13.2. The Labute approximate surface area is 120 Å². The first-order chi connectivity index (χ1) is 9.75. The van der Waals surface area contributed by atoms with Crippen LogP contribution in [0.3, 0.4) is 0 Å². The summed E-state index contributed by atoms with van der Waals surface area (Å²) in [7, 11) is 0. The summed E-state index contributed by atoms with van der Waals surface area (Å²) in [6.07, 6.45) is 2.25. The molecule has 0 unspecified atom stereocenters. The van der Waals surface area contributed by atoms with Crippen molar-refractivity contribution >= 4 is 17.7 Å². The Bertz CT molecular complexity index is 600. The lowest BCUT2D eigenvalue weighted by Crippen LogP contribution is -2.05. The van der Waals surface area contributed by atoms with Crippen LogP contribution in [0.15, 0.2) is 29.4 Å². The fourth-order valence-corrected chi connectivity index (χ4v) is 2.74. The molecule has 0 amide bonds. The molecule has 2 aromatic rings. The molecule has 1 fully saturated rings. The second-order valence-electron chi connectivity index (χ2n) is 4.57. The normalized spacial score (nSPS) is 14.4. The third kappa shape index (κ3) is 2.87. The second kappa shape index (κ2) is 5.70. The SMILES string of the molecule is Nc1nnc(SCCOc2ccccc2F)n1C1CC1. The zero-order valence-electron chi connectivity index (χ0n) is 10.8. The molecule has 0 bridgehead atoms. The molecule has 1 heterocycles. The number of benzene rings is 1. The van der Waals surface area contributed by atoms with E-state index in [-0.39, 0.29) is 11.6 Å². The van der Waals surface area contributed by atoms with Crippen molar-refractivity contribution in [3.05, 3.63) is 30.1 Å². The number of nitrogens with two attached hydrogens (primary N) is 1. The number of rotatable bonds is 6. The molecule has 0 aliphatic heterocycles. The summed E-state index contributed by atoms with van der Waals surface area (Å²) < 4.78 is 20.7. The molecule has 0 saturated heterocycles. The topological polar surface area (TPSA) is 66.0 Å². The van der Waals surface area contributed by atoms with Gasteiger partial charge in [0.1, 0.15) is 0 Å². The molecule has 1 aliphatic rings. The Morgan fingerprint density at radius 2 is 2.15 bits per heavy atom. The average molecular weight is 294 g/mol. The molecular formula is C13H15FN4OS. The molecule has 20 heavy (non-hydrogen) atoms. The van der Waals surface area contributed by atoms with Crippen LogP contribution in [0.1, 0.15) is 18.9 Å². The maximum absolute atomic E-state index is 13.3. The van der Waals surface area contributed by atoms with Crippen LogP contribution < -0.4 is 10.5 Å². The zero-order valence-corrected chi connectivity index (χ0v) is 11.6. The molecule has 1 aliphatic carbocycles. The van der Waals surface area contributed by atoms with Gasteiger partial charge in [-0.3, -0.25) is 4.57 Å². The average Bonchev–Trinajstić information content (AvgIpc) is 3.21. The summed E-state index contributed by atoms with van der Waals surface area (Å²) in [5.74, 6) is 1.06. The monoisotopic (exact) mass is 294 g/mol. The maximum atomic E-state index is 13.3. The van der Waals surface area contributed by atoms with Crippen LogP contribution in [0.4, 0.5) is 10.3 Å². The Morgan fingerprint density at radius 3 is 2.90 bits per heavy atom. The molecule has 7 heteroatoms. The number of para-hydroxylation sites is 1. The zero-order chi connectivity index (χ0) is 13.9. The lowest BCUT2D eigenvalue weighted by molar-refractivity contribution is 0.325. The molecule has 106 valence electrons. The minimum Gasteiger partial charge on any atom is -0.490 e. The van der Waals surface area contributed by atoms with E-state index in [0.29, 0.717) is 24.3 Å². The number of ether oxygens (including phenoxy) is 1. The second-order valence-corrected chi connectivity index (χ2v) is 5.63. The molecule has 1 saturated carbocycles. The van der Waals surface area contributed by atoms with E-state index in [0.717, 1.165) is 18.0 Å². The van der Waals surface area contributed by atoms with Gasteiger partial charge in [0, 0.05) is 11.8 Å². The Kier molecular flexibility index (Phi) is 3.77. The van der Waals surface area contributed by atoms with Crippen molar-refractivity contribution in [3.8, 4) is 5.75 Å². The van der Waals surface area contributed by atoms with Gasteiger partial charge in [0.15, 0.2) is 16.7 Å². The van der Waals surface area contributed by atoms with E-state index in [9.17, 15) is 4.39 Å². The largest absolute Gasteiger partial charge is 0.490 e. The lowest BCUT2D eigenvalue weighted by atomic mass is 10.3. The Morgan fingerprint density at radius 1 is 1.35 bits per heavy atom. The molecule has 5 nitrogen and oxygen atoms in total. The van der Waals surface area contributed by atoms with Crippen LogP contribution >= 0.6 is 11.8 Å². The summed E-state index contributed by atoms with van der Waals surface area (Å²) in [5, 5.41) is 8.77. The van der Waals surface area contributed by atoms with Crippen molar-refractivity contribution < 1.29 is 9.13 Å². The number of hydrogen-bond donors (Lipinski definition) is 1. The van der Waals surface area contributed by atoms with Gasteiger partial charge in [0.2, 0.25) is 5.95 Å². The third-order valence-electron chi connectivity index (χ3n) is 3.01. The Hall–Kier alpha value is -1.76. The minimum atomic E-state index is -0.345. The number of nitrogens with zero attached hydrogens (tertiary/aromatic N) is 3. The van der Waals surface area contributed by atoms with Crippen LogP contribution in [-0.4, -0.2) is 27.1 Å². The van der Waals surface area contributed by atoms with Gasteiger partial charge >= 0.3 is 0 Å². The predicted molar refractivity (Wildman–Crippen MR) is 75.3 cm³/mol. The standard InChI is InChI=1S/C13H15FN4OS/c14-10-3-1-2-4-11(10)19-7-8-20-13-17-16-12(15)18(13)9-5-6-9/h1-4,9H,5-8H2,(H2,15,16). The highest BCUT2D eigenvalue weighted by Crippen LogP contribution is 2.39. The summed E-state index contributed by atoms with van der Waals surface area (Å²) in [6, 6.07) is 6.82. The first-order valence-electron chi connectivity index (χ1n) is 6.46. The summed E-state index contributed by atoms with van der Waals surface area (Å²) in [5.41, 5.74) is 5.79. The molecule has 0 radical (unpaired) electrons. The van der Waals surface area contributed by atoms with Crippen LogP contribution in [0.5, 0.6) is 5.75 Å². The van der Waals surface area contributed by atoms with Crippen LogP contribution in [0, 0.1) is 5.82 Å². The van der Waals surface area contributed by atoms with Gasteiger partial charge in [-0.2, -0.15) is 0 Å². The quantitative estimate of drug-likeness (QED) is 0.655. The molecule has 0 atom stereocenters. The highest BCUT2D eigenvalue weighted by atomic mass is 32.2. The maximum Gasteiger partial charge on any atom is 0.222 e. The summed E-state index contributed by atoms with van der Waals surface area (Å²) >= 11 is 1.52. The number of hydrogen-bond acceptors (Lipinski definition) is 5. The third-order valence-corrected chi connectivity index (χ3v) is 3.92. The van der Waals surface area contributed by atoms with Gasteiger partial charge in [-0.1, -0.05) is 23.9 Å². The first-order valence-corrected chi connectivity index (χ1v) is 7.45. The van der Waals surface area contributed by atoms with E-state index >= 15 is 0 Å². The lowest BCUT2D eigenvalue weighted by Gasteiger charge is -2.08. The summed E-state index contributed by atoms with van der Waals surface area (Å²) in [6.45, 7) is 0.406. The van der Waals surface area contributed by atoms with Gasteiger partial charge in [-0.15, -0.1) is 10.2 Å². The van der Waals surface area contributed by atoms with Crippen molar-refractivity contribution in [2.75, 3.05) is 18.1 Å². The van der Waals surface area contributed by atoms with Crippen molar-refractivity contribution in [2.24, 2.45) is 0 Å². The van der Waals surface area contributed by atoms with Gasteiger partial charge in [0.25, 0.3) is 0 Å². The molecule has 1 aromatic heterocycles. The fraction of sp³-hybridized carbons (Fsp3) is 0.385. The summed E-state index contributed by atoms with van der Waals surface area (Å²) in [4.78, 5) is 0. The Balaban J connectivity index is 1.52. The van der Waals surface area contributed by atoms with E-state index in [1.54, 1.807) is 18.2 Å². The van der Waals surface area contributed by atoms with Crippen LogP contribution in [0.2, 0.25) is 0 Å². The molecule has 3 rings (SSSR count). The number of aromatic nitrogens is 3. The van der Waals surface area contributed by atoms with Crippen LogP contribution in [-0.2, 0) is 0 Å². The van der Waals surface area contributed by atoms with E-state index in [2.05, 4.69) is 10.2 Å².